The number of rotatable bonds is 2. The van der Waals surface area contributed by atoms with Crippen molar-refractivity contribution in [2.45, 2.75) is 32.6 Å². The van der Waals surface area contributed by atoms with Crippen LogP contribution in [0.1, 0.15) is 32.6 Å². The van der Waals surface area contributed by atoms with Gasteiger partial charge in [0.1, 0.15) is 0 Å². The van der Waals surface area contributed by atoms with Gasteiger partial charge in [-0.2, -0.15) is 0 Å². The van der Waals surface area contributed by atoms with Crippen LogP contribution in [0.4, 0.5) is 0 Å². The van der Waals surface area contributed by atoms with Gasteiger partial charge in [-0.15, -0.1) is 0 Å². The fourth-order valence-corrected chi connectivity index (χ4v) is 1.62. The second-order valence-corrected chi connectivity index (χ2v) is 3.00. The van der Waals surface area contributed by atoms with E-state index in [0.29, 0.717) is 5.92 Å². The van der Waals surface area contributed by atoms with Gasteiger partial charge in [-0.3, -0.25) is 0 Å². The van der Waals surface area contributed by atoms with Crippen molar-refractivity contribution in [1.82, 2.24) is 0 Å². The molecule has 0 amide bonds. The first kappa shape index (κ1) is 7.07. The molecule has 0 aromatic rings. The second-order valence-electron chi connectivity index (χ2n) is 3.00. The molecule has 0 heterocycles. The zero-order valence-electron chi connectivity index (χ0n) is 6.01. The maximum Gasteiger partial charge on any atom is 0.0830 e. The Morgan fingerprint density at radius 3 is 2.67 bits per heavy atom. The monoisotopic (exact) mass is 127 g/mol. The van der Waals surface area contributed by atoms with Crippen LogP contribution in [0.2, 0.25) is 0 Å². The van der Waals surface area contributed by atoms with E-state index >= 15 is 0 Å². The number of hydrogen-bond acceptors (Lipinski definition) is 1. The van der Waals surface area contributed by atoms with Crippen molar-refractivity contribution < 1.29 is 5.11 Å². The molecule has 2 unspecified atom stereocenters. The van der Waals surface area contributed by atoms with Gasteiger partial charge in [0.25, 0.3) is 0 Å². The highest BCUT2D eigenvalue weighted by molar-refractivity contribution is 4.78. The van der Waals surface area contributed by atoms with Crippen LogP contribution in [0, 0.1) is 18.4 Å². The molecular weight excluding hydrogens is 112 g/mol. The van der Waals surface area contributed by atoms with Gasteiger partial charge in [-0.05, 0) is 24.7 Å². The number of aliphatic hydroxyl groups excluding tert-OH is 1. The molecule has 1 N–H and O–H groups in total. The molecule has 0 spiro atoms. The van der Waals surface area contributed by atoms with Crippen molar-refractivity contribution in [1.29, 1.82) is 0 Å². The summed E-state index contributed by atoms with van der Waals surface area (Å²) >= 11 is 0. The van der Waals surface area contributed by atoms with E-state index in [1.165, 1.54) is 32.3 Å². The number of aliphatic hydroxyl groups is 1. The van der Waals surface area contributed by atoms with Crippen LogP contribution in [-0.4, -0.2) is 5.11 Å². The lowest BCUT2D eigenvalue weighted by atomic mass is 10.0. The van der Waals surface area contributed by atoms with Gasteiger partial charge in [0.05, 0.1) is 6.61 Å². The quantitative estimate of drug-likeness (QED) is 0.603. The van der Waals surface area contributed by atoms with Gasteiger partial charge in [-0.1, -0.05) is 19.8 Å². The molecule has 1 nitrogen and oxygen atoms in total. The predicted octanol–water partition coefficient (Wildman–Crippen LogP) is 2.35. The average molecular weight is 127 g/mol. The Morgan fingerprint density at radius 1 is 1.56 bits per heavy atom. The minimum absolute atomic E-state index is 0.509. The Kier molecular flexibility index (Phi) is 2.52. The fourth-order valence-electron chi connectivity index (χ4n) is 1.62. The van der Waals surface area contributed by atoms with E-state index in [1.807, 2.05) is 0 Å². The molecule has 1 rings (SSSR count). The molecule has 1 radical (unpaired) electrons. The Morgan fingerprint density at radius 2 is 2.33 bits per heavy atom. The summed E-state index contributed by atoms with van der Waals surface area (Å²) in [6.07, 6.45) is 5.02. The van der Waals surface area contributed by atoms with E-state index in [4.69, 9.17) is 5.11 Å². The van der Waals surface area contributed by atoms with Crippen LogP contribution < -0.4 is 0 Å². The van der Waals surface area contributed by atoms with E-state index in [1.54, 1.807) is 0 Å². The summed E-state index contributed by atoms with van der Waals surface area (Å²) in [5.41, 5.74) is 0. The van der Waals surface area contributed by atoms with Crippen LogP contribution in [-0.2, 0) is 0 Å². The third kappa shape index (κ3) is 1.68. The zero-order chi connectivity index (χ0) is 6.69. The van der Waals surface area contributed by atoms with E-state index in [-0.39, 0.29) is 0 Å². The molecule has 1 aliphatic rings. The van der Waals surface area contributed by atoms with Crippen molar-refractivity contribution in [2.24, 2.45) is 11.8 Å². The molecular formula is C8H15O. The Hall–Kier alpha value is -0.0400. The molecule has 0 aromatic carbocycles. The first-order chi connectivity index (χ1) is 4.36. The first-order valence-corrected chi connectivity index (χ1v) is 3.84. The third-order valence-electron chi connectivity index (χ3n) is 2.37. The lowest BCUT2D eigenvalue weighted by Gasteiger charge is -2.04. The van der Waals surface area contributed by atoms with Gasteiger partial charge in [-0.25, -0.2) is 0 Å². The Labute approximate surface area is 57.1 Å². The van der Waals surface area contributed by atoms with E-state index in [9.17, 15) is 0 Å². The van der Waals surface area contributed by atoms with Crippen molar-refractivity contribution >= 4 is 0 Å². The summed E-state index contributed by atoms with van der Waals surface area (Å²) < 4.78 is 0. The Bertz CT molecular complexity index is 70.6. The lowest BCUT2D eigenvalue weighted by molar-refractivity contribution is 0.311. The largest absolute Gasteiger partial charge is 0.390 e. The molecule has 1 heteroatoms. The average Bonchev–Trinajstić information content (AvgIpc) is 2.34. The van der Waals surface area contributed by atoms with Crippen molar-refractivity contribution in [3.8, 4) is 0 Å². The minimum atomic E-state index is 0.509. The molecule has 0 saturated heterocycles. The summed E-state index contributed by atoms with van der Waals surface area (Å²) in [5.74, 6) is 1.40. The molecule has 0 aliphatic heterocycles. The van der Waals surface area contributed by atoms with E-state index in [0.717, 1.165) is 5.92 Å². The van der Waals surface area contributed by atoms with Crippen LogP contribution in [0.15, 0.2) is 0 Å². The van der Waals surface area contributed by atoms with Gasteiger partial charge in [0.2, 0.25) is 0 Å². The summed E-state index contributed by atoms with van der Waals surface area (Å²) in [7, 11) is 0. The van der Waals surface area contributed by atoms with Crippen molar-refractivity contribution in [2.75, 3.05) is 0 Å². The molecule has 9 heavy (non-hydrogen) atoms. The molecule has 53 valence electrons. The summed E-state index contributed by atoms with van der Waals surface area (Å²) in [6, 6.07) is 0. The van der Waals surface area contributed by atoms with Crippen molar-refractivity contribution in [3.05, 3.63) is 6.61 Å². The molecule has 0 aromatic heterocycles. The zero-order valence-corrected chi connectivity index (χ0v) is 6.01. The fraction of sp³-hybridized carbons (Fsp3) is 0.875. The lowest BCUT2D eigenvalue weighted by Crippen LogP contribution is -1.95. The van der Waals surface area contributed by atoms with Gasteiger partial charge in [0, 0.05) is 0 Å². The second kappa shape index (κ2) is 3.21. The maximum atomic E-state index is 8.65. The number of hydrogen-bond donors (Lipinski definition) is 1. The Balaban J connectivity index is 2.20. The normalized spacial score (nSPS) is 35.3. The van der Waals surface area contributed by atoms with Crippen LogP contribution in [0.3, 0.4) is 0 Å². The van der Waals surface area contributed by atoms with Crippen LogP contribution in [0.25, 0.3) is 0 Å². The van der Waals surface area contributed by atoms with Crippen molar-refractivity contribution in [3.63, 3.8) is 0 Å². The molecule has 1 saturated carbocycles. The molecule has 0 bridgehead atoms. The first-order valence-electron chi connectivity index (χ1n) is 3.84. The maximum absolute atomic E-state index is 8.65. The highest BCUT2D eigenvalue weighted by Gasteiger charge is 2.22. The topological polar surface area (TPSA) is 20.2 Å². The molecule has 1 fully saturated rings. The van der Waals surface area contributed by atoms with E-state index in [2.05, 4.69) is 6.92 Å². The summed E-state index contributed by atoms with van der Waals surface area (Å²) in [4.78, 5) is 0. The van der Waals surface area contributed by atoms with E-state index < -0.39 is 0 Å². The van der Waals surface area contributed by atoms with Gasteiger partial charge >= 0.3 is 0 Å². The summed E-state index contributed by atoms with van der Waals surface area (Å²) in [5, 5.41) is 8.65. The summed E-state index contributed by atoms with van der Waals surface area (Å²) in [6.45, 7) is 3.60. The highest BCUT2D eigenvalue weighted by Crippen LogP contribution is 2.33. The standard InChI is InChI=1S/C8H15O/c1-2-7-3-4-8(5-7)6-9/h6-9H,2-5H2,1H3. The van der Waals surface area contributed by atoms with Gasteiger partial charge < -0.3 is 5.11 Å². The molecule has 2 atom stereocenters. The van der Waals surface area contributed by atoms with Crippen LogP contribution >= 0.6 is 0 Å². The highest BCUT2D eigenvalue weighted by atomic mass is 16.3. The van der Waals surface area contributed by atoms with Gasteiger partial charge in [0.15, 0.2) is 0 Å². The smallest absolute Gasteiger partial charge is 0.0830 e. The predicted molar refractivity (Wildman–Crippen MR) is 37.4 cm³/mol. The van der Waals surface area contributed by atoms with Crippen LogP contribution in [0.5, 0.6) is 0 Å². The minimum Gasteiger partial charge on any atom is -0.390 e. The molecule has 1 aliphatic carbocycles. The third-order valence-corrected chi connectivity index (χ3v) is 2.37. The SMILES string of the molecule is CCC1CCC([CH]O)C1.